The molecule has 0 bridgehead atoms. The number of aromatic nitrogens is 3. The molecule has 2 heterocycles. The first-order valence-electron chi connectivity index (χ1n) is 6.40. The molecule has 110 valence electrons. The van der Waals surface area contributed by atoms with Gasteiger partial charge in [0, 0.05) is 18.8 Å². The van der Waals surface area contributed by atoms with Gasteiger partial charge in [-0.1, -0.05) is 6.92 Å². The lowest BCUT2D eigenvalue weighted by molar-refractivity contribution is 0.577. The smallest absolute Gasteiger partial charge is 0.213 e. The van der Waals surface area contributed by atoms with Crippen molar-refractivity contribution < 1.29 is 8.42 Å². The van der Waals surface area contributed by atoms with Crippen molar-refractivity contribution in [1.29, 1.82) is 0 Å². The van der Waals surface area contributed by atoms with E-state index in [1.165, 1.54) is 6.33 Å². The number of nitrogens with one attached hydrogen (secondary N) is 1. The van der Waals surface area contributed by atoms with Gasteiger partial charge in [-0.3, -0.25) is 0 Å². The molecule has 2 rings (SSSR count). The third-order valence-electron chi connectivity index (χ3n) is 3.38. The van der Waals surface area contributed by atoms with Gasteiger partial charge in [-0.05, 0) is 19.4 Å². The van der Waals surface area contributed by atoms with Crippen LogP contribution in [0.3, 0.4) is 0 Å². The average molecular weight is 297 g/mol. The molecule has 0 atom stereocenters. The standard InChI is InChI=1S/C12H19N5O2S/c1-4-16-20(18,19)6-5-17-9(3)8(2)10-11(13)14-7-15-12(10)17/h7,16H,4-6H2,1-3H3,(H2,13,14,15). The summed E-state index contributed by atoms with van der Waals surface area (Å²) < 4.78 is 27.8. The van der Waals surface area contributed by atoms with Crippen LogP contribution in [0, 0.1) is 13.8 Å². The van der Waals surface area contributed by atoms with Crippen LogP contribution in [0.5, 0.6) is 0 Å². The van der Waals surface area contributed by atoms with E-state index in [-0.39, 0.29) is 5.75 Å². The Morgan fingerprint density at radius 2 is 2.05 bits per heavy atom. The summed E-state index contributed by atoms with van der Waals surface area (Å²) in [6, 6.07) is 0. The monoisotopic (exact) mass is 297 g/mol. The van der Waals surface area contributed by atoms with Crippen molar-refractivity contribution in [2.75, 3.05) is 18.0 Å². The zero-order chi connectivity index (χ0) is 14.9. The summed E-state index contributed by atoms with van der Waals surface area (Å²) >= 11 is 0. The predicted molar refractivity (Wildman–Crippen MR) is 78.9 cm³/mol. The fraction of sp³-hybridized carbons (Fsp3) is 0.500. The van der Waals surface area contributed by atoms with Crippen molar-refractivity contribution in [3.63, 3.8) is 0 Å². The molecule has 0 aliphatic rings. The van der Waals surface area contributed by atoms with E-state index >= 15 is 0 Å². The van der Waals surface area contributed by atoms with Crippen LogP contribution in [0.4, 0.5) is 5.82 Å². The molecule has 0 aromatic carbocycles. The second-order valence-corrected chi connectivity index (χ2v) is 6.56. The first kappa shape index (κ1) is 14.7. The number of hydrogen-bond donors (Lipinski definition) is 2. The van der Waals surface area contributed by atoms with Crippen LogP contribution in [0.25, 0.3) is 11.0 Å². The van der Waals surface area contributed by atoms with Crippen molar-refractivity contribution in [1.82, 2.24) is 19.3 Å². The van der Waals surface area contributed by atoms with Crippen LogP contribution < -0.4 is 10.5 Å². The van der Waals surface area contributed by atoms with Gasteiger partial charge in [0.1, 0.15) is 17.8 Å². The highest BCUT2D eigenvalue weighted by Crippen LogP contribution is 2.26. The van der Waals surface area contributed by atoms with E-state index in [9.17, 15) is 8.42 Å². The number of nitrogens with zero attached hydrogens (tertiary/aromatic N) is 3. The lowest BCUT2D eigenvalue weighted by Gasteiger charge is -2.08. The maximum absolute atomic E-state index is 11.7. The van der Waals surface area contributed by atoms with Crippen LogP contribution in [-0.2, 0) is 16.6 Å². The molecule has 8 heteroatoms. The molecule has 0 amide bonds. The van der Waals surface area contributed by atoms with Gasteiger partial charge in [-0.2, -0.15) is 0 Å². The van der Waals surface area contributed by atoms with E-state index in [0.717, 1.165) is 16.6 Å². The first-order valence-corrected chi connectivity index (χ1v) is 8.05. The molecular formula is C12H19N5O2S. The van der Waals surface area contributed by atoms with Gasteiger partial charge < -0.3 is 10.3 Å². The van der Waals surface area contributed by atoms with E-state index in [0.29, 0.717) is 24.6 Å². The minimum Gasteiger partial charge on any atom is -0.383 e. The number of hydrogen-bond acceptors (Lipinski definition) is 5. The molecule has 0 aliphatic carbocycles. The third kappa shape index (κ3) is 2.61. The summed E-state index contributed by atoms with van der Waals surface area (Å²) in [6.45, 7) is 6.35. The zero-order valence-electron chi connectivity index (χ0n) is 11.8. The van der Waals surface area contributed by atoms with E-state index in [1.54, 1.807) is 6.92 Å². The van der Waals surface area contributed by atoms with E-state index in [4.69, 9.17) is 5.73 Å². The SMILES string of the molecule is CCNS(=O)(=O)CCn1c(C)c(C)c2c(N)ncnc21. The molecule has 0 fully saturated rings. The molecule has 0 spiro atoms. The van der Waals surface area contributed by atoms with Crippen molar-refractivity contribution in [2.24, 2.45) is 0 Å². The van der Waals surface area contributed by atoms with Gasteiger partial charge in [-0.15, -0.1) is 0 Å². The van der Waals surface area contributed by atoms with Crippen LogP contribution in [0.2, 0.25) is 0 Å². The van der Waals surface area contributed by atoms with Crippen LogP contribution in [-0.4, -0.2) is 35.3 Å². The summed E-state index contributed by atoms with van der Waals surface area (Å²) in [5.74, 6) is 0.429. The molecule has 20 heavy (non-hydrogen) atoms. The molecule has 0 saturated heterocycles. The van der Waals surface area contributed by atoms with Gasteiger partial charge >= 0.3 is 0 Å². The fourth-order valence-corrected chi connectivity index (χ4v) is 3.28. The van der Waals surface area contributed by atoms with E-state index in [1.807, 2.05) is 18.4 Å². The second kappa shape index (κ2) is 5.37. The van der Waals surface area contributed by atoms with Gasteiger partial charge in [-0.25, -0.2) is 23.1 Å². The largest absolute Gasteiger partial charge is 0.383 e. The molecular weight excluding hydrogens is 278 g/mol. The number of rotatable bonds is 5. The van der Waals surface area contributed by atoms with Crippen LogP contribution in [0.15, 0.2) is 6.33 Å². The molecule has 0 aliphatic heterocycles. The Balaban J connectivity index is 2.41. The number of anilines is 1. The minimum atomic E-state index is -3.26. The second-order valence-electron chi connectivity index (χ2n) is 4.64. The molecule has 2 aromatic rings. The molecule has 3 N–H and O–H groups in total. The van der Waals surface area contributed by atoms with Gasteiger partial charge in [0.2, 0.25) is 10.0 Å². The first-order chi connectivity index (χ1) is 9.37. The Bertz CT molecular complexity index is 736. The Kier molecular flexibility index (Phi) is 3.96. The van der Waals surface area contributed by atoms with Crippen molar-refractivity contribution in [3.8, 4) is 0 Å². The number of sulfonamides is 1. The summed E-state index contributed by atoms with van der Waals surface area (Å²) in [5, 5.41) is 0.797. The van der Waals surface area contributed by atoms with E-state index < -0.39 is 10.0 Å². The number of fused-ring (bicyclic) bond motifs is 1. The normalized spacial score (nSPS) is 12.2. The molecule has 2 aromatic heterocycles. The van der Waals surface area contributed by atoms with Gasteiger partial charge in [0.15, 0.2) is 0 Å². The Hall–Kier alpha value is -1.67. The van der Waals surface area contributed by atoms with Crippen molar-refractivity contribution in [2.45, 2.75) is 27.3 Å². The fourth-order valence-electron chi connectivity index (χ4n) is 2.27. The molecule has 0 saturated carbocycles. The molecule has 7 nitrogen and oxygen atoms in total. The lowest BCUT2D eigenvalue weighted by atomic mass is 10.2. The topological polar surface area (TPSA) is 103 Å². The van der Waals surface area contributed by atoms with Crippen LogP contribution in [0.1, 0.15) is 18.2 Å². The zero-order valence-corrected chi connectivity index (χ0v) is 12.7. The number of aryl methyl sites for hydroxylation is 2. The highest BCUT2D eigenvalue weighted by Gasteiger charge is 2.17. The predicted octanol–water partition coefficient (Wildman–Crippen LogP) is 0.570. The van der Waals surface area contributed by atoms with E-state index in [2.05, 4.69) is 14.7 Å². The van der Waals surface area contributed by atoms with Crippen LogP contribution >= 0.6 is 0 Å². The third-order valence-corrected chi connectivity index (χ3v) is 4.83. The summed E-state index contributed by atoms with van der Waals surface area (Å²) in [5.41, 5.74) is 8.50. The number of nitrogen functional groups attached to an aromatic ring is 1. The quantitative estimate of drug-likeness (QED) is 0.840. The maximum atomic E-state index is 11.7. The summed E-state index contributed by atoms with van der Waals surface area (Å²) in [6.07, 6.45) is 1.39. The Morgan fingerprint density at radius 3 is 2.70 bits per heavy atom. The Morgan fingerprint density at radius 1 is 1.35 bits per heavy atom. The van der Waals surface area contributed by atoms with Gasteiger partial charge in [0.05, 0.1) is 11.1 Å². The van der Waals surface area contributed by atoms with Crippen molar-refractivity contribution in [3.05, 3.63) is 17.6 Å². The summed E-state index contributed by atoms with van der Waals surface area (Å²) in [4.78, 5) is 8.21. The molecule has 0 radical (unpaired) electrons. The molecule has 0 unspecified atom stereocenters. The number of nitrogens with two attached hydrogens (primary N) is 1. The summed E-state index contributed by atoms with van der Waals surface area (Å²) in [7, 11) is -3.26. The lowest BCUT2D eigenvalue weighted by Crippen LogP contribution is -2.28. The van der Waals surface area contributed by atoms with Crippen molar-refractivity contribution >= 4 is 26.9 Å². The maximum Gasteiger partial charge on any atom is 0.213 e. The Labute approximate surface area is 118 Å². The van der Waals surface area contributed by atoms with Gasteiger partial charge in [0.25, 0.3) is 0 Å². The highest BCUT2D eigenvalue weighted by atomic mass is 32.2. The highest BCUT2D eigenvalue weighted by molar-refractivity contribution is 7.89. The average Bonchev–Trinajstić information content (AvgIpc) is 2.61. The minimum absolute atomic E-state index is 0.00874.